The minimum Gasteiger partial charge on any atom is -0.478 e. The van der Waals surface area contributed by atoms with Gasteiger partial charge in [0, 0.05) is 11.9 Å². The van der Waals surface area contributed by atoms with Gasteiger partial charge in [-0.3, -0.25) is 0 Å². The second-order valence-electron chi connectivity index (χ2n) is 7.80. The van der Waals surface area contributed by atoms with E-state index >= 15 is 0 Å². The first-order chi connectivity index (χ1) is 17.8. The van der Waals surface area contributed by atoms with Crippen molar-refractivity contribution in [3.05, 3.63) is 94.0 Å². The summed E-state index contributed by atoms with van der Waals surface area (Å²) in [7, 11) is 0. The second kappa shape index (κ2) is 9.47. The van der Waals surface area contributed by atoms with Crippen LogP contribution in [0.15, 0.2) is 77.7 Å². The highest BCUT2D eigenvalue weighted by Gasteiger charge is 2.17. The Kier molecular flexibility index (Phi) is 6.04. The predicted octanol–water partition coefficient (Wildman–Crippen LogP) is 4.23. The first kappa shape index (κ1) is 23.6. The lowest BCUT2D eigenvalue weighted by molar-refractivity contribution is 0.0697. The number of carboxylic acids is 1. The van der Waals surface area contributed by atoms with Crippen molar-refractivity contribution in [2.75, 3.05) is 16.8 Å². The van der Waals surface area contributed by atoms with Crippen LogP contribution < -0.4 is 27.2 Å². The molecule has 6 N–H and O–H groups in total. The molecule has 184 valence electrons. The quantitative estimate of drug-likeness (QED) is 0.240. The van der Waals surface area contributed by atoms with Crippen LogP contribution in [0.1, 0.15) is 10.4 Å². The van der Waals surface area contributed by atoms with Crippen molar-refractivity contribution >= 4 is 51.7 Å². The van der Waals surface area contributed by atoms with Crippen LogP contribution in [-0.2, 0) is 0 Å². The fraction of sp³-hybridized carbons (Fsp3) is 0. The molecule has 5 aromatic rings. The van der Waals surface area contributed by atoms with E-state index in [0.717, 1.165) is 4.57 Å². The smallest absolute Gasteiger partial charge is 0.355 e. The molecule has 0 saturated carbocycles. The number of carboxylic acid groups (broad SMARTS) is 1. The number of rotatable bonds is 6. The molecule has 5 rings (SSSR count). The summed E-state index contributed by atoms with van der Waals surface area (Å²) in [6, 6.07) is 17.9. The number of aromatic carboxylic acids is 1. The highest BCUT2D eigenvalue weighted by molar-refractivity contribution is 6.33. The van der Waals surface area contributed by atoms with Gasteiger partial charge in [0.15, 0.2) is 5.65 Å². The minimum atomic E-state index is -1.01. The van der Waals surface area contributed by atoms with Crippen molar-refractivity contribution in [1.82, 2.24) is 19.5 Å². The molecule has 0 fully saturated rings. The molecule has 0 unspecified atom stereocenters. The van der Waals surface area contributed by atoms with Gasteiger partial charge in [0.25, 0.3) is 0 Å². The van der Waals surface area contributed by atoms with Crippen LogP contribution in [0.3, 0.4) is 0 Å². The van der Waals surface area contributed by atoms with Crippen molar-refractivity contribution < 1.29 is 14.6 Å². The maximum absolute atomic E-state index is 12.8. The summed E-state index contributed by atoms with van der Waals surface area (Å²) in [6.45, 7) is 0. The predicted molar refractivity (Wildman–Crippen MR) is 140 cm³/mol. The normalized spacial score (nSPS) is 10.8. The van der Waals surface area contributed by atoms with E-state index in [1.807, 2.05) is 0 Å². The topological polar surface area (TPSA) is 171 Å². The van der Waals surface area contributed by atoms with Gasteiger partial charge in [-0.2, -0.15) is 9.97 Å². The summed E-state index contributed by atoms with van der Waals surface area (Å²) < 4.78 is 6.86. The zero-order valence-electron chi connectivity index (χ0n) is 18.9. The molecule has 0 saturated heterocycles. The molecule has 0 radical (unpaired) electrons. The lowest BCUT2D eigenvalue weighted by Crippen LogP contribution is -2.25. The molecule has 0 spiro atoms. The largest absolute Gasteiger partial charge is 0.478 e. The number of fused-ring (bicyclic) bond motifs is 1. The standard InChI is InChI=1S/C25H18ClN7O4/c26-18-2-1-3-19(27)20(18)33-21(28)17-12-29-24(31-22(17)32-25(33)36)30-14-6-10-16(11-7-14)37-15-8-4-13(5-9-15)23(34)35/h1-12H,27-28H2,(H,34,35)(H,30,31,32,36). The van der Waals surface area contributed by atoms with Gasteiger partial charge in [-0.1, -0.05) is 17.7 Å². The van der Waals surface area contributed by atoms with E-state index in [2.05, 4.69) is 20.3 Å². The molecule has 0 atom stereocenters. The number of nitrogens with one attached hydrogen (secondary N) is 1. The van der Waals surface area contributed by atoms with E-state index in [4.69, 9.17) is 32.9 Å². The van der Waals surface area contributed by atoms with E-state index < -0.39 is 11.7 Å². The number of nitrogens with two attached hydrogens (primary N) is 2. The Balaban J connectivity index is 1.37. The summed E-state index contributed by atoms with van der Waals surface area (Å²) in [6.07, 6.45) is 1.45. The number of hydrogen-bond donors (Lipinski definition) is 4. The molecule has 37 heavy (non-hydrogen) atoms. The molecule has 0 aliphatic carbocycles. The highest BCUT2D eigenvalue weighted by atomic mass is 35.5. The van der Waals surface area contributed by atoms with Gasteiger partial charge in [-0.15, -0.1) is 0 Å². The summed E-state index contributed by atoms with van der Waals surface area (Å²) in [5.74, 6) is 0.288. The van der Waals surface area contributed by atoms with E-state index in [1.165, 1.54) is 18.3 Å². The van der Waals surface area contributed by atoms with Crippen molar-refractivity contribution in [3.63, 3.8) is 0 Å². The maximum Gasteiger partial charge on any atom is 0.355 e. The number of benzene rings is 3. The highest BCUT2D eigenvalue weighted by Crippen LogP contribution is 2.29. The first-order valence-electron chi connectivity index (χ1n) is 10.8. The molecule has 11 nitrogen and oxygen atoms in total. The average molecular weight is 516 g/mol. The second-order valence-corrected chi connectivity index (χ2v) is 8.21. The number of para-hydroxylation sites is 1. The Bertz CT molecular complexity index is 1680. The van der Waals surface area contributed by atoms with Crippen LogP contribution in [0.2, 0.25) is 5.02 Å². The van der Waals surface area contributed by atoms with E-state index in [0.29, 0.717) is 22.6 Å². The molecule has 2 heterocycles. The zero-order chi connectivity index (χ0) is 26.1. The molecule has 0 aliphatic rings. The third kappa shape index (κ3) is 4.70. The lowest BCUT2D eigenvalue weighted by Gasteiger charge is -2.14. The van der Waals surface area contributed by atoms with Crippen molar-refractivity contribution in [2.24, 2.45) is 0 Å². The average Bonchev–Trinajstić information content (AvgIpc) is 2.87. The third-order valence-electron chi connectivity index (χ3n) is 5.37. The molecule has 12 heteroatoms. The third-order valence-corrected chi connectivity index (χ3v) is 5.67. The van der Waals surface area contributed by atoms with Crippen LogP contribution in [0.5, 0.6) is 11.5 Å². The summed E-state index contributed by atoms with van der Waals surface area (Å²) in [4.78, 5) is 36.4. The van der Waals surface area contributed by atoms with E-state index in [1.54, 1.807) is 54.6 Å². The molecule has 0 aliphatic heterocycles. The monoisotopic (exact) mass is 515 g/mol. The van der Waals surface area contributed by atoms with Gasteiger partial charge in [0.1, 0.15) is 17.3 Å². The SMILES string of the molecule is Nc1cccc(Cl)c1-n1c(N)c2cnc(Nc3ccc(Oc4ccc(C(=O)O)cc4)cc3)nc2nc1=O. The number of aromatic nitrogens is 4. The number of carbonyl (C=O) groups is 1. The van der Waals surface area contributed by atoms with Crippen LogP contribution >= 0.6 is 11.6 Å². The molecule has 0 amide bonds. The van der Waals surface area contributed by atoms with Gasteiger partial charge >= 0.3 is 11.7 Å². The first-order valence-corrected chi connectivity index (χ1v) is 11.2. The lowest BCUT2D eigenvalue weighted by atomic mass is 10.2. The van der Waals surface area contributed by atoms with Gasteiger partial charge < -0.3 is 26.6 Å². The van der Waals surface area contributed by atoms with E-state index in [-0.39, 0.29) is 39.4 Å². The van der Waals surface area contributed by atoms with Crippen molar-refractivity contribution in [3.8, 4) is 17.2 Å². The number of ether oxygens (including phenoxy) is 1. The van der Waals surface area contributed by atoms with E-state index in [9.17, 15) is 9.59 Å². The molecular formula is C25H18ClN7O4. The fourth-order valence-electron chi connectivity index (χ4n) is 3.58. The number of anilines is 4. The molecule has 0 bridgehead atoms. The summed E-state index contributed by atoms with van der Waals surface area (Å²) >= 11 is 6.25. The summed E-state index contributed by atoms with van der Waals surface area (Å²) in [5.41, 5.74) is 13.0. The Labute approximate surface area is 214 Å². The van der Waals surface area contributed by atoms with Gasteiger partial charge in [-0.25, -0.2) is 19.1 Å². The Morgan fingerprint density at radius 2 is 1.65 bits per heavy atom. The Hall–Kier alpha value is -5.16. The van der Waals surface area contributed by atoms with Gasteiger partial charge in [0.05, 0.1) is 27.3 Å². The number of nitrogen functional groups attached to an aromatic ring is 2. The fourth-order valence-corrected chi connectivity index (χ4v) is 3.85. The van der Waals surface area contributed by atoms with Crippen LogP contribution in [0.4, 0.5) is 23.1 Å². The van der Waals surface area contributed by atoms with Crippen LogP contribution in [0.25, 0.3) is 16.7 Å². The molecule has 3 aromatic carbocycles. The van der Waals surface area contributed by atoms with Crippen molar-refractivity contribution in [2.45, 2.75) is 0 Å². The van der Waals surface area contributed by atoms with Crippen LogP contribution in [0, 0.1) is 0 Å². The molecular weight excluding hydrogens is 498 g/mol. The number of nitrogens with zero attached hydrogens (tertiary/aromatic N) is 4. The zero-order valence-corrected chi connectivity index (χ0v) is 19.7. The minimum absolute atomic E-state index is 0.0549. The Morgan fingerprint density at radius 3 is 2.30 bits per heavy atom. The van der Waals surface area contributed by atoms with Gasteiger partial charge in [0.2, 0.25) is 5.95 Å². The number of hydrogen-bond acceptors (Lipinski definition) is 9. The Morgan fingerprint density at radius 1 is 0.973 bits per heavy atom. The maximum atomic E-state index is 12.8. The summed E-state index contributed by atoms with van der Waals surface area (Å²) in [5, 5.41) is 12.6. The van der Waals surface area contributed by atoms with Crippen LogP contribution in [-0.4, -0.2) is 30.6 Å². The number of halogens is 1. The van der Waals surface area contributed by atoms with Gasteiger partial charge in [-0.05, 0) is 60.7 Å². The van der Waals surface area contributed by atoms with Crippen molar-refractivity contribution in [1.29, 1.82) is 0 Å². The molecule has 2 aromatic heterocycles.